The van der Waals surface area contributed by atoms with Gasteiger partial charge in [0, 0.05) is 26.3 Å². The Labute approximate surface area is 132 Å². The van der Waals surface area contributed by atoms with Crippen molar-refractivity contribution in [3.05, 3.63) is 21.3 Å². The fourth-order valence-corrected chi connectivity index (χ4v) is 3.84. The molecule has 2 rings (SSSR count). The van der Waals surface area contributed by atoms with Gasteiger partial charge in [-0.15, -0.1) is 11.3 Å². The lowest BCUT2D eigenvalue weighted by molar-refractivity contribution is 0.0797. The van der Waals surface area contributed by atoms with E-state index in [4.69, 9.17) is 4.74 Å². The number of hydrogen-bond donors (Lipinski definition) is 0. The number of aromatic nitrogens is 3. The molecular formula is C12H18IN3OSSi. The van der Waals surface area contributed by atoms with Crippen LogP contribution in [0.5, 0.6) is 0 Å². The Morgan fingerprint density at radius 2 is 2.21 bits per heavy atom. The number of hydrogen-bond acceptors (Lipinski definition) is 4. The predicted molar refractivity (Wildman–Crippen MR) is 90.2 cm³/mol. The van der Waals surface area contributed by atoms with Crippen molar-refractivity contribution in [3.8, 4) is 10.7 Å². The lowest BCUT2D eigenvalue weighted by Crippen LogP contribution is -2.22. The molecule has 0 aliphatic heterocycles. The van der Waals surface area contributed by atoms with Crippen LogP contribution in [0.3, 0.4) is 0 Å². The maximum atomic E-state index is 5.76. The summed E-state index contributed by atoms with van der Waals surface area (Å²) in [5, 5.41) is 7.34. The topological polar surface area (TPSA) is 39.9 Å². The Bertz CT molecular complexity index is 522. The zero-order valence-electron chi connectivity index (χ0n) is 11.4. The van der Waals surface area contributed by atoms with E-state index in [0.29, 0.717) is 6.73 Å². The molecule has 0 N–H and O–H groups in total. The molecule has 0 saturated carbocycles. The third-order valence-electron chi connectivity index (χ3n) is 2.64. The van der Waals surface area contributed by atoms with Gasteiger partial charge >= 0.3 is 0 Å². The molecule has 0 saturated heterocycles. The van der Waals surface area contributed by atoms with Crippen LogP contribution >= 0.6 is 33.9 Å². The molecule has 0 unspecified atom stereocenters. The molecule has 0 atom stereocenters. The van der Waals surface area contributed by atoms with Crippen LogP contribution in [0.25, 0.3) is 10.7 Å². The SMILES string of the molecule is C[Si](C)(C)CCOCn1ncc(I)c1-c1nccs1. The van der Waals surface area contributed by atoms with Gasteiger partial charge in [-0.05, 0) is 28.6 Å². The zero-order chi connectivity index (χ0) is 13.9. The highest BCUT2D eigenvalue weighted by atomic mass is 127. The molecule has 0 fully saturated rings. The molecule has 0 aliphatic carbocycles. The summed E-state index contributed by atoms with van der Waals surface area (Å²) >= 11 is 3.92. The Kier molecular flexibility index (Phi) is 5.15. The Hall–Kier alpha value is -0.253. The van der Waals surface area contributed by atoms with E-state index >= 15 is 0 Å². The minimum atomic E-state index is -1.02. The second-order valence-electron chi connectivity index (χ2n) is 5.53. The lowest BCUT2D eigenvalue weighted by Gasteiger charge is -2.15. The van der Waals surface area contributed by atoms with Gasteiger partial charge in [0.15, 0.2) is 0 Å². The summed E-state index contributed by atoms with van der Waals surface area (Å²) in [7, 11) is -1.02. The van der Waals surface area contributed by atoms with Gasteiger partial charge in [-0.2, -0.15) is 5.10 Å². The Balaban J connectivity index is 1.98. The highest BCUT2D eigenvalue weighted by Gasteiger charge is 2.15. The normalized spacial score (nSPS) is 12.0. The molecule has 104 valence electrons. The van der Waals surface area contributed by atoms with Crippen molar-refractivity contribution in [2.75, 3.05) is 6.61 Å². The molecule has 2 aromatic heterocycles. The van der Waals surface area contributed by atoms with Crippen molar-refractivity contribution in [1.29, 1.82) is 0 Å². The van der Waals surface area contributed by atoms with Crippen LogP contribution in [0.1, 0.15) is 0 Å². The molecule has 19 heavy (non-hydrogen) atoms. The summed E-state index contributed by atoms with van der Waals surface area (Å²) in [5.41, 5.74) is 1.06. The molecule has 0 bridgehead atoms. The van der Waals surface area contributed by atoms with Crippen LogP contribution in [0, 0.1) is 3.57 Å². The van der Waals surface area contributed by atoms with E-state index < -0.39 is 8.07 Å². The first-order valence-electron chi connectivity index (χ1n) is 6.16. The molecule has 4 nitrogen and oxygen atoms in total. The first-order valence-corrected chi connectivity index (χ1v) is 11.8. The molecule has 2 aromatic rings. The van der Waals surface area contributed by atoms with Crippen molar-refractivity contribution in [2.24, 2.45) is 0 Å². The van der Waals surface area contributed by atoms with Crippen molar-refractivity contribution in [1.82, 2.24) is 14.8 Å². The standard InChI is InChI=1S/C12H18IN3OSSi/c1-19(2,3)7-5-17-9-16-11(10(13)8-15-16)12-14-4-6-18-12/h4,6,8H,5,7,9H2,1-3H3. The minimum absolute atomic E-state index is 0.502. The average molecular weight is 407 g/mol. The molecule has 7 heteroatoms. The maximum Gasteiger partial charge on any atom is 0.142 e. The highest BCUT2D eigenvalue weighted by molar-refractivity contribution is 14.1. The number of thiazole rings is 1. The molecule has 0 aliphatic rings. The van der Waals surface area contributed by atoms with Crippen LogP contribution in [-0.4, -0.2) is 29.4 Å². The van der Waals surface area contributed by atoms with E-state index in [1.807, 2.05) is 22.5 Å². The monoisotopic (exact) mass is 407 g/mol. The number of rotatable bonds is 6. The number of ether oxygens (including phenoxy) is 1. The van der Waals surface area contributed by atoms with Gasteiger partial charge in [-0.1, -0.05) is 19.6 Å². The first-order chi connectivity index (χ1) is 8.97. The largest absolute Gasteiger partial charge is 0.360 e. The van der Waals surface area contributed by atoms with E-state index in [1.54, 1.807) is 11.3 Å². The van der Waals surface area contributed by atoms with E-state index in [9.17, 15) is 0 Å². The lowest BCUT2D eigenvalue weighted by atomic mass is 10.4. The summed E-state index contributed by atoms with van der Waals surface area (Å²) in [6.07, 6.45) is 3.68. The van der Waals surface area contributed by atoms with Gasteiger partial charge in [-0.25, -0.2) is 9.67 Å². The second kappa shape index (κ2) is 6.46. The van der Waals surface area contributed by atoms with Gasteiger partial charge in [0.2, 0.25) is 0 Å². The van der Waals surface area contributed by atoms with Gasteiger partial charge < -0.3 is 4.74 Å². The summed E-state index contributed by atoms with van der Waals surface area (Å²) < 4.78 is 8.76. The van der Waals surface area contributed by atoms with Gasteiger partial charge in [-0.3, -0.25) is 0 Å². The minimum Gasteiger partial charge on any atom is -0.360 e. The summed E-state index contributed by atoms with van der Waals surface area (Å²) in [5.74, 6) is 0. The van der Waals surface area contributed by atoms with Crippen LogP contribution in [-0.2, 0) is 11.5 Å². The molecule has 2 heterocycles. The van der Waals surface area contributed by atoms with E-state index in [2.05, 4.69) is 52.3 Å². The van der Waals surface area contributed by atoms with Gasteiger partial charge in [0.05, 0.1) is 9.77 Å². The molecular weight excluding hydrogens is 389 g/mol. The Morgan fingerprint density at radius 3 is 2.84 bits per heavy atom. The van der Waals surface area contributed by atoms with Crippen molar-refractivity contribution < 1.29 is 4.74 Å². The van der Waals surface area contributed by atoms with Crippen LogP contribution in [0.15, 0.2) is 17.8 Å². The molecule has 0 aromatic carbocycles. The fourth-order valence-electron chi connectivity index (χ4n) is 1.54. The highest BCUT2D eigenvalue weighted by Crippen LogP contribution is 2.26. The average Bonchev–Trinajstić information content (AvgIpc) is 2.92. The number of halogens is 1. The molecule has 0 spiro atoms. The third-order valence-corrected chi connectivity index (χ3v) is 5.91. The van der Waals surface area contributed by atoms with Crippen molar-refractivity contribution in [2.45, 2.75) is 32.4 Å². The summed E-state index contributed by atoms with van der Waals surface area (Å²) in [4.78, 5) is 4.35. The summed E-state index contributed by atoms with van der Waals surface area (Å²) in [6, 6.07) is 1.18. The quantitative estimate of drug-likeness (QED) is 0.414. The number of nitrogens with zero attached hydrogens (tertiary/aromatic N) is 3. The second-order valence-corrected chi connectivity index (χ2v) is 13.2. The smallest absolute Gasteiger partial charge is 0.142 e. The molecule has 0 radical (unpaired) electrons. The maximum absolute atomic E-state index is 5.76. The van der Waals surface area contributed by atoms with Gasteiger partial charge in [0.25, 0.3) is 0 Å². The third kappa shape index (κ3) is 4.37. The van der Waals surface area contributed by atoms with Crippen molar-refractivity contribution >= 4 is 42.0 Å². The van der Waals surface area contributed by atoms with Crippen LogP contribution < -0.4 is 0 Å². The van der Waals surface area contributed by atoms with Gasteiger partial charge in [0.1, 0.15) is 17.4 Å². The van der Waals surface area contributed by atoms with Crippen molar-refractivity contribution in [3.63, 3.8) is 0 Å². The molecule has 0 amide bonds. The first kappa shape index (κ1) is 15.1. The Morgan fingerprint density at radius 1 is 1.42 bits per heavy atom. The van der Waals surface area contributed by atoms with E-state index in [1.165, 1.54) is 6.04 Å². The van der Waals surface area contributed by atoms with Crippen LogP contribution in [0.2, 0.25) is 25.7 Å². The van der Waals surface area contributed by atoms with E-state index in [-0.39, 0.29) is 0 Å². The summed E-state index contributed by atoms with van der Waals surface area (Å²) in [6.45, 7) is 8.38. The van der Waals surface area contributed by atoms with Crippen LogP contribution in [0.4, 0.5) is 0 Å². The predicted octanol–water partition coefficient (Wildman–Crippen LogP) is 3.92. The van der Waals surface area contributed by atoms with E-state index in [0.717, 1.165) is 20.9 Å². The zero-order valence-corrected chi connectivity index (χ0v) is 15.4. The fraction of sp³-hybridized carbons (Fsp3) is 0.500.